The maximum atomic E-state index is 5.55. The van der Waals surface area contributed by atoms with Gasteiger partial charge >= 0.3 is 0 Å². The first-order valence-electron chi connectivity index (χ1n) is 6.12. The van der Waals surface area contributed by atoms with Crippen LogP contribution in [0, 0.1) is 6.92 Å². The molecule has 1 aromatic rings. The van der Waals surface area contributed by atoms with Crippen molar-refractivity contribution in [2.24, 2.45) is 5.73 Å². The lowest BCUT2D eigenvalue weighted by molar-refractivity contribution is 0.205. The highest BCUT2D eigenvalue weighted by molar-refractivity contribution is 5.47. The van der Waals surface area contributed by atoms with Gasteiger partial charge < -0.3 is 15.4 Å². The van der Waals surface area contributed by atoms with Crippen LogP contribution >= 0.6 is 0 Å². The lowest BCUT2D eigenvalue weighted by atomic mass is 10.1. The molecule has 0 unspecified atom stereocenters. The summed E-state index contributed by atoms with van der Waals surface area (Å²) in [4.78, 5) is 6.76. The van der Waals surface area contributed by atoms with Gasteiger partial charge in [-0.2, -0.15) is 0 Å². The van der Waals surface area contributed by atoms with Gasteiger partial charge in [0, 0.05) is 26.4 Å². The highest BCUT2D eigenvalue weighted by atomic mass is 16.5. The van der Waals surface area contributed by atoms with E-state index < -0.39 is 0 Å². The van der Waals surface area contributed by atoms with E-state index >= 15 is 0 Å². The van der Waals surface area contributed by atoms with Gasteiger partial charge in [0.1, 0.15) is 5.82 Å². The van der Waals surface area contributed by atoms with Crippen LogP contribution in [0.15, 0.2) is 12.3 Å². The Morgan fingerprint density at radius 3 is 2.76 bits per heavy atom. The van der Waals surface area contributed by atoms with Crippen molar-refractivity contribution in [2.45, 2.75) is 20.3 Å². The van der Waals surface area contributed by atoms with Crippen molar-refractivity contribution in [1.82, 2.24) is 4.98 Å². The van der Waals surface area contributed by atoms with Crippen LogP contribution in [-0.4, -0.2) is 38.3 Å². The second-order valence-corrected chi connectivity index (χ2v) is 4.10. The van der Waals surface area contributed by atoms with Crippen molar-refractivity contribution < 1.29 is 4.74 Å². The topological polar surface area (TPSA) is 51.4 Å². The number of hydrogen-bond acceptors (Lipinski definition) is 4. The molecular weight excluding hydrogens is 214 g/mol. The Labute approximate surface area is 104 Å². The first-order valence-corrected chi connectivity index (χ1v) is 6.12. The second-order valence-electron chi connectivity index (χ2n) is 4.10. The standard InChI is InChI=1S/C13H23N3O/c1-4-16(7-8-17-3)13-11(2)9-12(5-6-14)10-15-13/h9-10H,4-8,14H2,1-3H3. The summed E-state index contributed by atoms with van der Waals surface area (Å²) in [5, 5.41) is 0. The van der Waals surface area contributed by atoms with Crippen LogP contribution in [0.25, 0.3) is 0 Å². The second kappa shape index (κ2) is 7.25. The third kappa shape index (κ3) is 3.98. The minimum Gasteiger partial charge on any atom is -0.383 e. The monoisotopic (exact) mass is 237 g/mol. The molecule has 17 heavy (non-hydrogen) atoms. The molecule has 0 spiro atoms. The molecule has 4 nitrogen and oxygen atoms in total. The van der Waals surface area contributed by atoms with E-state index in [0.29, 0.717) is 6.54 Å². The fourth-order valence-electron chi connectivity index (χ4n) is 1.88. The molecule has 0 aliphatic rings. The first-order chi connectivity index (χ1) is 8.22. The number of pyridine rings is 1. The molecular formula is C13H23N3O. The summed E-state index contributed by atoms with van der Waals surface area (Å²) in [5.74, 6) is 1.05. The molecule has 0 atom stereocenters. The minimum atomic E-state index is 0.668. The number of likely N-dealkylation sites (N-methyl/N-ethyl adjacent to an activating group) is 1. The van der Waals surface area contributed by atoms with Crippen LogP contribution in [-0.2, 0) is 11.2 Å². The number of aromatic nitrogens is 1. The number of hydrogen-bond donors (Lipinski definition) is 1. The van der Waals surface area contributed by atoms with Gasteiger partial charge in [-0.1, -0.05) is 6.07 Å². The molecule has 0 radical (unpaired) electrons. The van der Waals surface area contributed by atoms with Gasteiger partial charge in [0.15, 0.2) is 0 Å². The van der Waals surface area contributed by atoms with Crippen molar-refractivity contribution in [3.63, 3.8) is 0 Å². The Balaban J connectivity index is 2.81. The lowest BCUT2D eigenvalue weighted by Gasteiger charge is -2.23. The molecule has 1 aromatic heterocycles. The van der Waals surface area contributed by atoms with Crippen LogP contribution in [0.3, 0.4) is 0 Å². The minimum absolute atomic E-state index is 0.668. The van der Waals surface area contributed by atoms with Crippen molar-refractivity contribution in [3.8, 4) is 0 Å². The van der Waals surface area contributed by atoms with Crippen molar-refractivity contribution >= 4 is 5.82 Å². The molecule has 0 amide bonds. The third-order valence-electron chi connectivity index (χ3n) is 2.79. The van der Waals surface area contributed by atoms with Gasteiger partial charge in [0.25, 0.3) is 0 Å². The normalized spacial score (nSPS) is 10.6. The fraction of sp³-hybridized carbons (Fsp3) is 0.615. The number of methoxy groups -OCH3 is 1. The number of ether oxygens (including phenoxy) is 1. The summed E-state index contributed by atoms with van der Waals surface area (Å²) < 4.78 is 5.11. The maximum absolute atomic E-state index is 5.55. The predicted molar refractivity (Wildman–Crippen MR) is 71.5 cm³/mol. The average molecular weight is 237 g/mol. The van der Waals surface area contributed by atoms with Crippen molar-refractivity contribution in [3.05, 3.63) is 23.4 Å². The number of anilines is 1. The molecule has 0 aliphatic heterocycles. The number of nitrogens with two attached hydrogens (primary N) is 1. The van der Waals surface area contributed by atoms with E-state index in [9.17, 15) is 0 Å². The Morgan fingerprint density at radius 2 is 2.24 bits per heavy atom. The van der Waals surface area contributed by atoms with Gasteiger partial charge in [0.2, 0.25) is 0 Å². The molecule has 1 heterocycles. The molecule has 0 saturated heterocycles. The summed E-state index contributed by atoms with van der Waals surface area (Å²) >= 11 is 0. The molecule has 0 bridgehead atoms. The maximum Gasteiger partial charge on any atom is 0.131 e. The van der Waals surface area contributed by atoms with Gasteiger partial charge in [-0.05, 0) is 37.9 Å². The quantitative estimate of drug-likeness (QED) is 0.778. The molecule has 2 N–H and O–H groups in total. The number of aryl methyl sites for hydroxylation is 1. The SMILES string of the molecule is CCN(CCOC)c1ncc(CCN)cc1C. The molecule has 96 valence electrons. The van der Waals surface area contributed by atoms with Crippen LogP contribution in [0.4, 0.5) is 5.82 Å². The van der Waals surface area contributed by atoms with Gasteiger partial charge in [-0.3, -0.25) is 0 Å². The van der Waals surface area contributed by atoms with E-state index in [1.807, 2.05) is 6.20 Å². The van der Waals surface area contributed by atoms with E-state index in [1.54, 1.807) is 7.11 Å². The van der Waals surface area contributed by atoms with E-state index in [2.05, 4.69) is 29.8 Å². The van der Waals surface area contributed by atoms with Crippen LogP contribution in [0.5, 0.6) is 0 Å². The van der Waals surface area contributed by atoms with E-state index in [4.69, 9.17) is 10.5 Å². The zero-order chi connectivity index (χ0) is 12.7. The van der Waals surface area contributed by atoms with Crippen molar-refractivity contribution in [1.29, 1.82) is 0 Å². The Kier molecular flexibility index (Phi) is 5.94. The zero-order valence-electron chi connectivity index (χ0n) is 11.1. The highest BCUT2D eigenvalue weighted by Crippen LogP contribution is 2.17. The average Bonchev–Trinajstić information content (AvgIpc) is 2.32. The van der Waals surface area contributed by atoms with E-state index in [-0.39, 0.29) is 0 Å². The largest absolute Gasteiger partial charge is 0.383 e. The number of rotatable bonds is 7. The molecule has 0 fully saturated rings. The summed E-state index contributed by atoms with van der Waals surface area (Å²) in [7, 11) is 1.72. The summed E-state index contributed by atoms with van der Waals surface area (Å²) in [6.45, 7) is 7.42. The van der Waals surface area contributed by atoms with Crippen molar-refractivity contribution in [2.75, 3.05) is 38.3 Å². The summed E-state index contributed by atoms with van der Waals surface area (Å²) in [6.07, 6.45) is 2.81. The molecule has 0 saturated carbocycles. The summed E-state index contributed by atoms with van der Waals surface area (Å²) in [5.41, 5.74) is 7.95. The Bertz CT molecular complexity index is 341. The highest BCUT2D eigenvalue weighted by Gasteiger charge is 2.09. The van der Waals surface area contributed by atoms with Crippen LogP contribution < -0.4 is 10.6 Å². The molecule has 0 aliphatic carbocycles. The van der Waals surface area contributed by atoms with Gasteiger partial charge in [-0.25, -0.2) is 4.98 Å². The van der Waals surface area contributed by atoms with Crippen LogP contribution in [0.1, 0.15) is 18.1 Å². The van der Waals surface area contributed by atoms with E-state index in [0.717, 1.165) is 31.9 Å². The summed E-state index contributed by atoms with van der Waals surface area (Å²) in [6, 6.07) is 2.17. The van der Waals surface area contributed by atoms with E-state index in [1.165, 1.54) is 11.1 Å². The Hall–Kier alpha value is -1.13. The Morgan fingerprint density at radius 1 is 1.47 bits per heavy atom. The van der Waals surface area contributed by atoms with Gasteiger partial charge in [-0.15, -0.1) is 0 Å². The smallest absolute Gasteiger partial charge is 0.131 e. The van der Waals surface area contributed by atoms with Gasteiger partial charge in [0.05, 0.1) is 6.61 Å². The number of nitrogens with zero attached hydrogens (tertiary/aromatic N) is 2. The predicted octanol–water partition coefficient (Wildman–Crippen LogP) is 1.36. The molecule has 4 heteroatoms. The molecule has 0 aromatic carbocycles. The molecule has 1 rings (SSSR count). The zero-order valence-corrected chi connectivity index (χ0v) is 11.1. The third-order valence-corrected chi connectivity index (χ3v) is 2.79. The van der Waals surface area contributed by atoms with Crippen LogP contribution in [0.2, 0.25) is 0 Å². The fourth-order valence-corrected chi connectivity index (χ4v) is 1.88. The first kappa shape index (κ1) is 13.9. The lowest BCUT2D eigenvalue weighted by Crippen LogP contribution is -2.28.